The summed E-state index contributed by atoms with van der Waals surface area (Å²) in [4.78, 5) is 6.99. The Balaban J connectivity index is 0.00000160. The number of nitrogens with zero attached hydrogens (tertiary/aromatic N) is 3. The van der Waals surface area contributed by atoms with Gasteiger partial charge in [-0.05, 0) is 62.5 Å². The monoisotopic (exact) mass is 467 g/mol. The molecule has 0 saturated carbocycles. The average molecular weight is 469 g/mol. The van der Waals surface area contributed by atoms with Gasteiger partial charge in [-0.2, -0.15) is 0 Å². The molecule has 0 saturated heterocycles. The zero-order valence-corrected chi connectivity index (χ0v) is 19.3. The summed E-state index contributed by atoms with van der Waals surface area (Å²) in [5.41, 5.74) is 5.39. The van der Waals surface area contributed by atoms with Gasteiger partial charge < -0.3 is 9.47 Å². The molecule has 1 aliphatic heterocycles. The number of hydrogen-bond donors (Lipinski definition) is 0. The fourth-order valence-corrected chi connectivity index (χ4v) is 3.88. The van der Waals surface area contributed by atoms with Gasteiger partial charge in [-0.3, -0.25) is 4.99 Å². The molecular weight excluding hydrogens is 444 g/mol. The first kappa shape index (κ1) is 24.4. The molecule has 1 aromatic heterocycles. The third-order valence-corrected chi connectivity index (χ3v) is 5.28. The Morgan fingerprint density at radius 2 is 1.77 bits per heavy atom. The van der Waals surface area contributed by atoms with Crippen molar-refractivity contribution in [3.63, 3.8) is 0 Å². The van der Waals surface area contributed by atoms with Crippen molar-refractivity contribution in [1.29, 1.82) is 0 Å². The first-order valence-electron chi connectivity index (χ1n) is 9.46. The summed E-state index contributed by atoms with van der Waals surface area (Å²) >= 11 is 6.29. The van der Waals surface area contributed by atoms with Crippen LogP contribution in [0.1, 0.15) is 23.1 Å². The smallest absolute Gasteiger partial charge is 0.132 e. The molecule has 0 radical (unpaired) electrons. The van der Waals surface area contributed by atoms with E-state index in [1.54, 1.807) is 12.1 Å². The predicted octanol–water partition coefficient (Wildman–Crippen LogP) is 6.09. The van der Waals surface area contributed by atoms with E-state index >= 15 is 0 Å². The van der Waals surface area contributed by atoms with Gasteiger partial charge in [0.1, 0.15) is 5.82 Å². The van der Waals surface area contributed by atoms with Gasteiger partial charge in [-0.15, -0.1) is 24.8 Å². The van der Waals surface area contributed by atoms with E-state index in [4.69, 9.17) is 16.6 Å². The predicted molar refractivity (Wildman–Crippen MR) is 128 cm³/mol. The molecule has 0 fully saturated rings. The Kier molecular flexibility index (Phi) is 8.51. The fourth-order valence-electron chi connectivity index (χ4n) is 3.70. The molecule has 2 aromatic carbocycles. The van der Waals surface area contributed by atoms with Gasteiger partial charge in [-0.1, -0.05) is 29.8 Å². The molecule has 0 unspecified atom stereocenters. The molecule has 0 aliphatic carbocycles. The highest BCUT2D eigenvalue weighted by Gasteiger charge is 2.22. The summed E-state index contributed by atoms with van der Waals surface area (Å²) in [7, 11) is 4.17. The Labute approximate surface area is 194 Å². The number of hydrogen-bond acceptors (Lipinski definition) is 2. The largest absolute Gasteiger partial charge is 0.353 e. The molecule has 30 heavy (non-hydrogen) atoms. The van der Waals surface area contributed by atoms with Crippen molar-refractivity contribution in [2.45, 2.75) is 19.5 Å². The minimum absolute atomic E-state index is 0. The second-order valence-electron chi connectivity index (χ2n) is 7.43. The average Bonchev–Trinajstić information content (AvgIpc) is 3.00. The number of halogens is 4. The van der Waals surface area contributed by atoms with Gasteiger partial charge >= 0.3 is 0 Å². The molecule has 0 amide bonds. The Morgan fingerprint density at radius 3 is 2.50 bits per heavy atom. The zero-order valence-electron chi connectivity index (χ0n) is 16.9. The normalized spacial score (nSPS) is 12.2. The first-order valence-corrected chi connectivity index (χ1v) is 9.84. The van der Waals surface area contributed by atoms with Crippen molar-refractivity contribution in [1.82, 2.24) is 9.47 Å². The minimum atomic E-state index is -0.271. The van der Waals surface area contributed by atoms with E-state index in [0.717, 1.165) is 41.8 Å². The van der Waals surface area contributed by atoms with Gasteiger partial charge in [0.25, 0.3) is 0 Å². The third-order valence-electron chi connectivity index (χ3n) is 5.05. The lowest BCUT2D eigenvalue weighted by atomic mass is 9.94. The van der Waals surface area contributed by atoms with Crippen LogP contribution in [-0.2, 0) is 13.1 Å². The van der Waals surface area contributed by atoms with E-state index < -0.39 is 0 Å². The highest BCUT2D eigenvalue weighted by molar-refractivity contribution is 6.31. The molecule has 2 heterocycles. The van der Waals surface area contributed by atoms with Gasteiger partial charge in [0.2, 0.25) is 0 Å². The maximum absolute atomic E-state index is 14.5. The van der Waals surface area contributed by atoms with Crippen molar-refractivity contribution in [2.75, 3.05) is 20.6 Å². The Hall–Kier alpha value is -1.85. The second-order valence-corrected chi connectivity index (χ2v) is 7.86. The number of fused-ring (bicyclic) bond motifs is 3. The van der Waals surface area contributed by atoms with Crippen molar-refractivity contribution in [2.24, 2.45) is 4.99 Å². The number of aryl methyl sites for hydroxylation is 1. The van der Waals surface area contributed by atoms with Gasteiger partial charge in [0.15, 0.2) is 0 Å². The number of aromatic nitrogens is 1. The van der Waals surface area contributed by atoms with E-state index in [-0.39, 0.29) is 30.6 Å². The first-order chi connectivity index (χ1) is 13.5. The van der Waals surface area contributed by atoms with Crippen LogP contribution in [0.15, 0.2) is 59.9 Å². The van der Waals surface area contributed by atoms with E-state index in [9.17, 15) is 4.39 Å². The molecule has 0 spiro atoms. The number of rotatable bonds is 5. The van der Waals surface area contributed by atoms with Crippen LogP contribution in [-0.4, -0.2) is 35.8 Å². The fraction of sp³-hybridized carbons (Fsp3) is 0.261. The standard InChI is InChI=1S/C23H23ClFN3.2ClH/c1-27(2)10-5-11-28-14-16-13-26-23(19-6-3-4-7-22(19)25)20-12-17(24)8-9-18(20)21(16)15-28;;/h3-4,6-9,12,14-15H,5,10-11,13H2,1-2H3;2*1H. The van der Waals surface area contributed by atoms with Crippen molar-refractivity contribution < 1.29 is 4.39 Å². The number of aliphatic imine (C=N–C) groups is 1. The van der Waals surface area contributed by atoms with Crippen LogP contribution >= 0.6 is 36.4 Å². The Bertz CT molecular complexity index is 1040. The zero-order chi connectivity index (χ0) is 19.7. The van der Waals surface area contributed by atoms with Gasteiger partial charge in [0.05, 0.1) is 12.3 Å². The quantitative estimate of drug-likeness (QED) is 0.443. The van der Waals surface area contributed by atoms with E-state index in [0.29, 0.717) is 22.8 Å². The van der Waals surface area contributed by atoms with Gasteiger partial charge in [-0.25, -0.2) is 4.39 Å². The lowest BCUT2D eigenvalue weighted by Gasteiger charge is -2.12. The summed E-state index contributed by atoms with van der Waals surface area (Å²) in [6, 6.07) is 12.6. The summed E-state index contributed by atoms with van der Waals surface area (Å²) < 4.78 is 16.7. The van der Waals surface area contributed by atoms with Gasteiger partial charge in [0, 0.05) is 40.7 Å². The molecule has 1 aliphatic rings. The topological polar surface area (TPSA) is 20.5 Å². The van der Waals surface area contributed by atoms with E-state index in [1.807, 2.05) is 24.3 Å². The van der Waals surface area contributed by atoms with Crippen LogP contribution in [0, 0.1) is 5.82 Å². The van der Waals surface area contributed by atoms with E-state index in [2.05, 4.69) is 36.0 Å². The molecule has 3 nitrogen and oxygen atoms in total. The lowest BCUT2D eigenvalue weighted by molar-refractivity contribution is 0.386. The molecule has 4 rings (SSSR count). The Morgan fingerprint density at radius 1 is 1.00 bits per heavy atom. The molecular formula is C23H25Cl3FN3. The third kappa shape index (κ3) is 5.06. The molecule has 0 N–H and O–H groups in total. The molecule has 0 bridgehead atoms. The number of benzene rings is 2. The van der Waals surface area contributed by atoms with Crippen LogP contribution in [0.4, 0.5) is 4.39 Å². The molecule has 3 aromatic rings. The van der Waals surface area contributed by atoms with E-state index in [1.165, 1.54) is 6.07 Å². The molecule has 0 atom stereocenters. The molecule has 160 valence electrons. The summed E-state index contributed by atoms with van der Waals surface area (Å²) in [5.74, 6) is -0.271. The maximum Gasteiger partial charge on any atom is 0.132 e. The van der Waals surface area contributed by atoms with Crippen molar-refractivity contribution in [3.05, 3.63) is 82.4 Å². The second kappa shape index (κ2) is 10.5. The minimum Gasteiger partial charge on any atom is -0.353 e. The maximum atomic E-state index is 14.5. The lowest BCUT2D eigenvalue weighted by Crippen LogP contribution is -2.14. The van der Waals surface area contributed by atoms with Crippen LogP contribution in [0.5, 0.6) is 0 Å². The van der Waals surface area contributed by atoms with Crippen LogP contribution in [0.25, 0.3) is 11.1 Å². The highest BCUT2D eigenvalue weighted by Crippen LogP contribution is 2.35. The van der Waals surface area contributed by atoms with Crippen LogP contribution in [0.3, 0.4) is 0 Å². The van der Waals surface area contributed by atoms with Crippen molar-refractivity contribution in [3.8, 4) is 11.1 Å². The summed E-state index contributed by atoms with van der Waals surface area (Å²) in [6.07, 6.45) is 5.42. The van der Waals surface area contributed by atoms with Crippen molar-refractivity contribution >= 4 is 42.1 Å². The summed E-state index contributed by atoms with van der Waals surface area (Å²) in [6.45, 7) is 2.52. The summed E-state index contributed by atoms with van der Waals surface area (Å²) in [5, 5.41) is 0.622. The highest BCUT2D eigenvalue weighted by atomic mass is 35.5. The van der Waals surface area contributed by atoms with Crippen LogP contribution in [0.2, 0.25) is 5.02 Å². The SMILES string of the molecule is CN(C)CCCn1cc2c(c1)-c1ccc(Cl)cc1C(c1ccccc1F)=NC2.Cl.Cl. The van der Waals surface area contributed by atoms with Crippen LogP contribution < -0.4 is 0 Å². The molecule has 7 heteroatoms.